The van der Waals surface area contributed by atoms with Gasteiger partial charge in [-0.25, -0.2) is 13.6 Å². The molecular formula is C21H28F2N4O3. The zero-order chi connectivity index (χ0) is 22.4. The third-order valence-electron chi connectivity index (χ3n) is 5.32. The van der Waals surface area contributed by atoms with Gasteiger partial charge in [-0.05, 0) is 52.7 Å². The van der Waals surface area contributed by atoms with Gasteiger partial charge in [-0.1, -0.05) is 0 Å². The number of nitrogens with zero attached hydrogens (tertiary/aromatic N) is 1. The third-order valence-corrected chi connectivity index (χ3v) is 5.32. The van der Waals surface area contributed by atoms with Crippen LogP contribution in [0.15, 0.2) is 6.07 Å². The van der Waals surface area contributed by atoms with Crippen molar-refractivity contribution in [1.29, 1.82) is 0 Å². The molecule has 9 heteroatoms. The standard InChI is InChI=1S/C21H28F2N4O3/c1-10-11(2)25-17-12(19(24)28)8-14(23)18(16(10)17)27-7-6-13(22)15(9-27)26-20(29)30-21(3,4)5/h8,13,15,25H,6-7,9H2,1-5H3,(H2,24,28)(H,26,29)/t13-,15+/m1/s1. The molecule has 1 fully saturated rings. The van der Waals surface area contributed by atoms with Gasteiger partial charge in [-0.3, -0.25) is 4.79 Å². The molecule has 0 spiro atoms. The Morgan fingerprint density at radius 2 is 2.00 bits per heavy atom. The summed E-state index contributed by atoms with van der Waals surface area (Å²) in [6, 6.07) is 0.243. The number of halogens is 2. The quantitative estimate of drug-likeness (QED) is 0.705. The van der Waals surface area contributed by atoms with Crippen LogP contribution in [0.3, 0.4) is 0 Å². The minimum atomic E-state index is -1.29. The monoisotopic (exact) mass is 422 g/mol. The predicted molar refractivity (Wildman–Crippen MR) is 111 cm³/mol. The lowest BCUT2D eigenvalue weighted by atomic mass is 9.99. The number of aromatic amines is 1. The van der Waals surface area contributed by atoms with Crippen molar-refractivity contribution >= 4 is 28.6 Å². The number of piperidine rings is 1. The maximum Gasteiger partial charge on any atom is 0.408 e. The molecular weight excluding hydrogens is 394 g/mol. The highest BCUT2D eigenvalue weighted by molar-refractivity contribution is 6.10. The summed E-state index contributed by atoms with van der Waals surface area (Å²) in [5, 5.41) is 3.10. The predicted octanol–water partition coefficient (Wildman–Crippen LogP) is 3.46. The van der Waals surface area contributed by atoms with Gasteiger partial charge in [0.15, 0.2) is 0 Å². The molecule has 1 saturated heterocycles. The van der Waals surface area contributed by atoms with Gasteiger partial charge in [0.25, 0.3) is 5.91 Å². The van der Waals surface area contributed by atoms with Crippen LogP contribution in [0.2, 0.25) is 0 Å². The highest BCUT2D eigenvalue weighted by Gasteiger charge is 2.34. The van der Waals surface area contributed by atoms with E-state index in [9.17, 15) is 14.0 Å². The van der Waals surface area contributed by atoms with Crippen LogP contribution in [-0.2, 0) is 4.74 Å². The van der Waals surface area contributed by atoms with Crippen LogP contribution in [0, 0.1) is 19.7 Å². The molecule has 1 aromatic heterocycles. The van der Waals surface area contributed by atoms with Crippen molar-refractivity contribution in [3.05, 3.63) is 28.7 Å². The van der Waals surface area contributed by atoms with Crippen LogP contribution in [0.4, 0.5) is 19.3 Å². The van der Waals surface area contributed by atoms with Crippen molar-refractivity contribution in [2.45, 2.75) is 58.9 Å². The number of aryl methyl sites for hydroxylation is 2. The highest BCUT2D eigenvalue weighted by atomic mass is 19.1. The molecule has 2 heterocycles. The van der Waals surface area contributed by atoms with E-state index in [0.29, 0.717) is 10.9 Å². The fourth-order valence-electron chi connectivity index (χ4n) is 3.83. The van der Waals surface area contributed by atoms with Crippen molar-refractivity contribution in [1.82, 2.24) is 10.3 Å². The maximum atomic E-state index is 15.2. The van der Waals surface area contributed by atoms with Gasteiger partial charge in [-0.15, -0.1) is 0 Å². The first kappa shape index (κ1) is 21.9. The van der Waals surface area contributed by atoms with Gasteiger partial charge in [0.2, 0.25) is 0 Å². The smallest absolute Gasteiger partial charge is 0.408 e. The second kappa shape index (κ2) is 7.77. The number of anilines is 1. The summed E-state index contributed by atoms with van der Waals surface area (Å²) in [6.45, 7) is 9.12. The SMILES string of the molecule is Cc1[nH]c2c(C(N)=O)cc(F)c(N3CC[C@@H](F)[C@@H](NC(=O)OC(C)(C)C)C3)c2c1C. The average Bonchev–Trinajstić information content (AvgIpc) is 2.90. The van der Waals surface area contributed by atoms with Crippen molar-refractivity contribution in [3.63, 3.8) is 0 Å². The van der Waals surface area contributed by atoms with Gasteiger partial charge >= 0.3 is 6.09 Å². The van der Waals surface area contributed by atoms with E-state index in [2.05, 4.69) is 10.3 Å². The van der Waals surface area contributed by atoms with Gasteiger partial charge in [-0.2, -0.15) is 0 Å². The molecule has 0 bridgehead atoms. The third kappa shape index (κ3) is 4.20. The zero-order valence-electron chi connectivity index (χ0n) is 17.9. The van der Waals surface area contributed by atoms with Crippen LogP contribution in [-0.4, -0.2) is 47.9 Å². The Balaban J connectivity index is 1.97. The number of H-pyrrole nitrogens is 1. The molecule has 4 N–H and O–H groups in total. The molecule has 1 aliphatic heterocycles. The number of alkyl carbamates (subject to hydrolysis) is 1. The number of nitrogens with two attached hydrogens (primary N) is 1. The Morgan fingerprint density at radius 1 is 1.33 bits per heavy atom. The molecule has 3 rings (SSSR count). The number of amides is 2. The van der Waals surface area contributed by atoms with Crippen LogP contribution in [0.1, 0.15) is 48.8 Å². The largest absolute Gasteiger partial charge is 0.444 e. The molecule has 0 aliphatic carbocycles. The summed E-state index contributed by atoms with van der Waals surface area (Å²) >= 11 is 0. The van der Waals surface area contributed by atoms with E-state index in [1.807, 2.05) is 13.8 Å². The first-order valence-electron chi connectivity index (χ1n) is 9.88. The topological polar surface area (TPSA) is 100 Å². The summed E-state index contributed by atoms with van der Waals surface area (Å²) < 4.78 is 34.9. The van der Waals surface area contributed by atoms with E-state index in [1.165, 1.54) is 0 Å². The van der Waals surface area contributed by atoms with Crippen LogP contribution in [0.25, 0.3) is 10.9 Å². The number of aromatic nitrogens is 1. The fraction of sp³-hybridized carbons (Fsp3) is 0.524. The summed E-state index contributed by atoms with van der Waals surface area (Å²) in [4.78, 5) is 28.7. The highest BCUT2D eigenvalue weighted by Crippen LogP contribution is 2.37. The molecule has 2 atom stereocenters. The van der Waals surface area contributed by atoms with E-state index < -0.39 is 35.6 Å². The van der Waals surface area contributed by atoms with Crippen LogP contribution in [0.5, 0.6) is 0 Å². The minimum absolute atomic E-state index is 0.0613. The number of hydrogen-bond donors (Lipinski definition) is 3. The molecule has 2 aromatic rings. The van der Waals surface area contributed by atoms with Crippen LogP contribution < -0.4 is 16.0 Å². The fourth-order valence-corrected chi connectivity index (χ4v) is 3.83. The van der Waals surface area contributed by atoms with Crippen molar-refractivity contribution < 1.29 is 23.1 Å². The van der Waals surface area contributed by atoms with Crippen molar-refractivity contribution in [2.24, 2.45) is 5.73 Å². The molecule has 7 nitrogen and oxygen atoms in total. The molecule has 2 amide bonds. The Morgan fingerprint density at radius 3 is 2.60 bits per heavy atom. The second-order valence-electron chi connectivity index (χ2n) is 8.75. The lowest BCUT2D eigenvalue weighted by Gasteiger charge is -2.37. The van der Waals surface area contributed by atoms with Gasteiger partial charge < -0.3 is 25.7 Å². The molecule has 164 valence electrons. The van der Waals surface area contributed by atoms with E-state index in [4.69, 9.17) is 10.5 Å². The van der Waals surface area contributed by atoms with Gasteiger partial charge in [0.05, 0.1) is 22.8 Å². The second-order valence-corrected chi connectivity index (χ2v) is 8.75. The lowest BCUT2D eigenvalue weighted by molar-refractivity contribution is 0.0465. The number of benzene rings is 1. The number of hydrogen-bond acceptors (Lipinski definition) is 4. The number of rotatable bonds is 3. The minimum Gasteiger partial charge on any atom is -0.444 e. The van der Waals surface area contributed by atoms with Gasteiger partial charge in [0, 0.05) is 24.2 Å². The number of ether oxygens (including phenoxy) is 1. The average molecular weight is 422 g/mol. The molecule has 0 radical (unpaired) electrons. The van der Waals surface area contributed by atoms with Crippen molar-refractivity contribution in [2.75, 3.05) is 18.0 Å². The number of fused-ring (bicyclic) bond motifs is 1. The van der Waals surface area contributed by atoms with E-state index >= 15 is 4.39 Å². The summed E-state index contributed by atoms with van der Waals surface area (Å²) in [5.74, 6) is -1.36. The first-order valence-corrected chi connectivity index (χ1v) is 9.88. The molecule has 1 aliphatic rings. The molecule has 1 aromatic carbocycles. The molecule has 0 unspecified atom stereocenters. The van der Waals surface area contributed by atoms with Gasteiger partial charge in [0.1, 0.15) is 17.6 Å². The Bertz CT molecular complexity index is 997. The van der Waals surface area contributed by atoms with E-state index in [1.54, 1.807) is 25.7 Å². The Hall–Kier alpha value is -2.84. The summed E-state index contributed by atoms with van der Waals surface area (Å²) in [6.07, 6.45) is -1.90. The zero-order valence-corrected chi connectivity index (χ0v) is 17.9. The Kier molecular flexibility index (Phi) is 5.66. The van der Waals surface area contributed by atoms with E-state index in [-0.39, 0.29) is 30.8 Å². The number of nitrogens with one attached hydrogen (secondary N) is 2. The molecule has 0 saturated carbocycles. The number of alkyl halides is 1. The van der Waals surface area contributed by atoms with Crippen molar-refractivity contribution in [3.8, 4) is 0 Å². The number of carbonyl (C=O) groups excluding carboxylic acids is 2. The lowest BCUT2D eigenvalue weighted by Crippen LogP contribution is -2.54. The number of primary amides is 1. The summed E-state index contributed by atoms with van der Waals surface area (Å²) in [7, 11) is 0. The van der Waals surface area contributed by atoms with E-state index in [0.717, 1.165) is 17.3 Å². The molecule has 30 heavy (non-hydrogen) atoms. The maximum absolute atomic E-state index is 15.2. The normalized spacial score (nSPS) is 19.8. The summed E-state index contributed by atoms with van der Waals surface area (Å²) in [5.41, 5.74) is 7.05. The van der Waals surface area contributed by atoms with Crippen LogP contribution >= 0.6 is 0 Å². The first-order chi connectivity index (χ1) is 13.9. The number of carbonyl (C=O) groups is 2. The Labute approximate surface area is 173 Å².